The van der Waals surface area contributed by atoms with Crippen LogP contribution in [0, 0.1) is 0 Å². The van der Waals surface area contributed by atoms with E-state index < -0.39 is 0 Å². The van der Waals surface area contributed by atoms with Crippen molar-refractivity contribution < 1.29 is 0 Å². The van der Waals surface area contributed by atoms with E-state index in [2.05, 4.69) is 43.3 Å². The van der Waals surface area contributed by atoms with Crippen molar-refractivity contribution in [2.75, 3.05) is 5.73 Å². The molecule has 0 radical (unpaired) electrons. The Hall–Kier alpha value is -1.88. The minimum Gasteiger partial charge on any atom is -0.399 e. The van der Waals surface area contributed by atoms with Gasteiger partial charge in [0.2, 0.25) is 0 Å². The van der Waals surface area contributed by atoms with Crippen LogP contribution in [0.3, 0.4) is 0 Å². The average Bonchev–Trinajstić information content (AvgIpc) is 3.03. The first-order valence-electron chi connectivity index (χ1n) is 7.05. The summed E-state index contributed by atoms with van der Waals surface area (Å²) in [6.07, 6.45) is 1.85. The van der Waals surface area contributed by atoms with Crippen molar-refractivity contribution in [3.8, 4) is 0 Å². The fourth-order valence-electron chi connectivity index (χ4n) is 2.59. The third kappa shape index (κ3) is 2.42. The maximum atomic E-state index is 5.90. The standard InChI is InChI=1S/C16H20N4S/c1-10(14-18-7-8-21-14)20-13-6-5-11(17)9-12(13)19-15(20)16(2,3)4/h5-10H,17H2,1-4H3. The topological polar surface area (TPSA) is 56.7 Å². The van der Waals surface area contributed by atoms with Crippen LogP contribution < -0.4 is 5.73 Å². The van der Waals surface area contributed by atoms with Crippen LogP contribution in [0.5, 0.6) is 0 Å². The van der Waals surface area contributed by atoms with Gasteiger partial charge in [-0.1, -0.05) is 20.8 Å². The minimum absolute atomic E-state index is 0.0424. The van der Waals surface area contributed by atoms with Gasteiger partial charge in [-0.2, -0.15) is 0 Å². The smallest absolute Gasteiger partial charge is 0.115 e. The van der Waals surface area contributed by atoms with E-state index >= 15 is 0 Å². The van der Waals surface area contributed by atoms with Crippen molar-refractivity contribution in [3.63, 3.8) is 0 Å². The first-order chi connectivity index (χ1) is 9.88. The molecule has 4 nitrogen and oxygen atoms in total. The van der Waals surface area contributed by atoms with Gasteiger partial charge >= 0.3 is 0 Å². The normalized spacial score (nSPS) is 13.7. The molecule has 1 atom stereocenters. The summed E-state index contributed by atoms with van der Waals surface area (Å²) < 4.78 is 2.29. The van der Waals surface area contributed by atoms with Crippen molar-refractivity contribution in [1.82, 2.24) is 14.5 Å². The highest BCUT2D eigenvalue weighted by Crippen LogP contribution is 2.33. The quantitative estimate of drug-likeness (QED) is 0.728. The second-order valence-corrected chi connectivity index (χ2v) is 7.28. The molecule has 3 aromatic rings. The Balaban J connectivity index is 2.28. The van der Waals surface area contributed by atoms with Crippen molar-refractivity contribution in [2.45, 2.75) is 39.2 Å². The van der Waals surface area contributed by atoms with Gasteiger partial charge in [0.15, 0.2) is 0 Å². The van der Waals surface area contributed by atoms with Gasteiger partial charge in [-0.05, 0) is 25.1 Å². The molecule has 0 saturated heterocycles. The summed E-state index contributed by atoms with van der Waals surface area (Å²) in [5.74, 6) is 1.06. The lowest BCUT2D eigenvalue weighted by molar-refractivity contribution is 0.488. The summed E-state index contributed by atoms with van der Waals surface area (Å²) in [4.78, 5) is 9.30. The Morgan fingerprint density at radius 1 is 1.29 bits per heavy atom. The number of anilines is 1. The Bertz CT molecular complexity index is 766. The molecule has 2 N–H and O–H groups in total. The van der Waals surface area contributed by atoms with Gasteiger partial charge in [0.1, 0.15) is 10.8 Å². The number of rotatable bonds is 2. The van der Waals surface area contributed by atoms with Crippen LogP contribution in [0.2, 0.25) is 0 Å². The monoisotopic (exact) mass is 300 g/mol. The number of nitrogen functional groups attached to an aromatic ring is 1. The number of thiazole rings is 1. The Morgan fingerprint density at radius 3 is 2.67 bits per heavy atom. The number of fused-ring (bicyclic) bond motifs is 1. The zero-order valence-corrected chi connectivity index (χ0v) is 13.6. The zero-order valence-electron chi connectivity index (χ0n) is 12.8. The predicted molar refractivity (Wildman–Crippen MR) is 88.8 cm³/mol. The number of hydrogen-bond acceptors (Lipinski definition) is 4. The summed E-state index contributed by atoms with van der Waals surface area (Å²) in [6.45, 7) is 8.72. The Morgan fingerprint density at radius 2 is 2.05 bits per heavy atom. The second kappa shape index (κ2) is 4.84. The first-order valence-corrected chi connectivity index (χ1v) is 7.93. The summed E-state index contributed by atoms with van der Waals surface area (Å²) in [5.41, 5.74) is 8.66. The molecule has 5 heteroatoms. The number of hydrogen-bond donors (Lipinski definition) is 1. The average molecular weight is 300 g/mol. The van der Waals surface area contributed by atoms with Crippen molar-refractivity contribution >= 4 is 28.1 Å². The molecular weight excluding hydrogens is 280 g/mol. The van der Waals surface area contributed by atoms with Gasteiger partial charge in [-0.3, -0.25) is 0 Å². The molecule has 0 aliphatic rings. The molecule has 3 rings (SSSR count). The number of imidazole rings is 1. The molecule has 1 aromatic carbocycles. The van der Waals surface area contributed by atoms with Crippen LogP contribution in [0.25, 0.3) is 11.0 Å². The largest absolute Gasteiger partial charge is 0.399 e. The first kappa shape index (κ1) is 14.1. The van der Waals surface area contributed by atoms with Gasteiger partial charge in [-0.15, -0.1) is 11.3 Å². The number of benzene rings is 1. The zero-order chi connectivity index (χ0) is 15.2. The van der Waals surface area contributed by atoms with Crippen LogP contribution in [-0.2, 0) is 5.41 Å². The number of nitrogens with zero attached hydrogens (tertiary/aromatic N) is 3. The Labute approximate surface area is 128 Å². The highest BCUT2D eigenvalue weighted by atomic mass is 32.1. The fraction of sp³-hybridized carbons (Fsp3) is 0.375. The molecule has 0 amide bonds. The van der Waals surface area contributed by atoms with Crippen LogP contribution >= 0.6 is 11.3 Å². The van der Waals surface area contributed by atoms with E-state index in [-0.39, 0.29) is 11.5 Å². The van der Waals surface area contributed by atoms with Crippen LogP contribution in [0.4, 0.5) is 5.69 Å². The number of aromatic nitrogens is 3. The van der Waals surface area contributed by atoms with E-state index in [1.54, 1.807) is 11.3 Å². The van der Waals surface area contributed by atoms with Gasteiger partial charge in [-0.25, -0.2) is 9.97 Å². The molecule has 0 saturated carbocycles. The highest BCUT2D eigenvalue weighted by molar-refractivity contribution is 7.09. The molecule has 2 aromatic heterocycles. The van der Waals surface area contributed by atoms with Gasteiger partial charge in [0.05, 0.1) is 17.1 Å². The van der Waals surface area contributed by atoms with Crippen LogP contribution in [-0.4, -0.2) is 14.5 Å². The Kier molecular flexibility index (Phi) is 3.24. The lowest BCUT2D eigenvalue weighted by atomic mass is 9.95. The molecule has 0 bridgehead atoms. The molecule has 1 unspecified atom stereocenters. The SMILES string of the molecule is CC(c1nccs1)n1c(C(C)(C)C)nc2cc(N)ccc21. The molecule has 0 fully saturated rings. The van der Waals surface area contributed by atoms with E-state index in [4.69, 9.17) is 10.7 Å². The predicted octanol–water partition coefficient (Wildman–Crippen LogP) is 3.98. The lowest BCUT2D eigenvalue weighted by Crippen LogP contribution is -2.21. The maximum Gasteiger partial charge on any atom is 0.115 e. The van der Waals surface area contributed by atoms with E-state index in [0.29, 0.717) is 0 Å². The van der Waals surface area contributed by atoms with E-state index in [1.807, 2.05) is 23.7 Å². The molecule has 0 aliphatic heterocycles. The highest BCUT2D eigenvalue weighted by Gasteiger charge is 2.26. The molecule has 0 aliphatic carbocycles. The van der Waals surface area contributed by atoms with Gasteiger partial charge < -0.3 is 10.3 Å². The third-order valence-electron chi connectivity index (χ3n) is 3.58. The van der Waals surface area contributed by atoms with Gasteiger partial charge in [0.25, 0.3) is 0 Å². The lowest BCUT2D eigenvalue weighted by Gasteiger charge is -2.23. The molecule has 0 spiro atoms. The second-order valence-electron chi connectivity index (χ2n) is 6.35. The molecular formula is C16H20N4S. The summed E-state index contributed by atoms with van der Waals surface area (Å²) in [6, 6.07) is 6.08. The van der Waals surface area contributed by atoms with Crippen LogP contribution in [0.1, 0.15) is 44.6 Å². The third-order valence-corrected chi connectivity index (χ3v) is 4.53. The van der Waals surface area contributed by atoms with Crippen LogP contribution in [0.15, 0.2) is 29.8 Å². The van der Waals surface area contributed by atoms with Gasteiger partial charge in [0, 0.05) is 22.7 Å². The summed E-state index contributed by atoms with van der Waals surface area (Å²) in [5, 5.41) is 3.11. The number of nitrogens with two attached hydrogens (primary N) is 1. The van der Waals surface area contributed by atoms with E-state index in [0.717, 1.165) is 27.6 Å². The van der Waals surface area contributed by atoms with E-state index in [1.165, 1.54) is 0 Å². The summed E-state index contributed by atoms with van der Waals surface area (Å²) in [7, 11) is 0. The summed E-state index contributed by atoms with van der Waals surface area (Å²) >= 11 is 1.68. The van der Waals surface area contributed by atoms with Crippen molar-refractivity contribution in [1.29, 1.82) is 0 Å². The van der Waals surface area contributed by atoms with Crippen molar-refractivity contribution in [2.24, 2.45) is 0 Å². The molecule has 110 valence electrons. The minimum atomic E-state index is -0.0424. The maximum absolute atomic E-state index is 5.90. The van der Waals surface area contributed by atoms with E-state index in [9.17, 15) is 0 Å². The molecule has 2 heterocycles. The fourth-order valence-corrected chi connectivity index (χ4v) is 3.27. The molecule has 21 heavy (non-hydrogen) atoms. The van der Waals surface area contributed by atoms with Crippen molar-refractivity contribution in [3.05, 3.63) is 40.6 Å².